The minimum Gasteiger partial charge on any atom is -0.350 e. The first-order valence-electron chi connectivity index (χ1n) is 5.45. The van der Waals surface area contributed by atoms with Gasteiger partial charge >= 0.3 is 0 Å². The molecule has 0 radical (unpaired) electrons. The lowest BCUT2D eigenvalue weighted by molar-refractivity contribution is 1.01. The molecule has 0 bridgehead atoms. The van der Waals surface area contributed by atoms with Crippen LogP contribution in [0.25, 0.3) is 0 Å². The van der Waals surface area contributed by atoms with E-state index in [9.17, 15) is 0 Å². The molecule has 0 saturated heterocycles. The maximum atomic E-state index is 6.01. The molecule has 1 heterocycles. The van der Waals surface area contributed by atoms with Crippen molar-refractivity contribution in [3.05, 3.63) is 52.3 Å². The second kappa shape index (κ2) is 5.15. The molecule has 0 aliphatic heterocycles. The third-order valence-corrected chi connectivity index (χ3v) is 2.99. The van der Waals surface area contributed by atoms with Crippen LogP contribution in [0, 0.1) is 13.8 Å². The maximum absolute atomic E-state index is 6.01. The van der Waals surface area contributed by atoms with E-state index in [0.29, 0.717) is 17.6 Å². The third-order valence-electron chi connectivity index (χ3n) is 2.62. The Bertz CT molecular complexity index is 488. The number of hydrogen-bond acceptors (Lipinski definition) is 3. The van der Waals surface area contributed by atoms with Gasteiger partial charge in [-0.25, -0.2) is 9.97 Å². The van der Waals surface area contributed by atoms with E-state index in [1.54, 1.807) is 0 Å². The van der Waals surface area contributed by atoms with Crippen molar-refractivity contribution in [3.63, 3.8) is 0 Å². The van der Waals surface area contributed by atoms with Gasteiger partial charge in [0.25, 0.3) is 0 Å². The second-order valence-electron chi connectivity index (χ2n) is 3.89. The van der Waals surface area contributed by atoms with Crippen LogP contribution >= 0.6 is 11.6 Å². The van der Waals surface area contributed by atoms with Crippen molar-refractivity contribution in [1.29, 1.82) is 0 Å². The molecule has 1 aromatic heterocycles. The molecular formula is C13H14ClN3. The fraction of sp³-hybridized carbons (Fsp3) is 0.231. The SMILES string of the molecule is Cc1nc(NCc2ccccc2)nc(Cl)c1C. The number of rotatable bonds is 3. The molecule has 0 spiro atoms. The molecule has 0 atom stereocenters. The molecule has 0 saturated carbocycles. The number of aryl methyl sites for hydroxylation is 1. The molecule has 1 aromatic carbocycles. The van der Waals surface area contributed by atoms with E-state index in [1.807, 2.05) is 32.0 Å². The van der Waals surface area contributed by atoms with Crippen molar-refractivity contribution >= 4 is 17.5 Å². The largest absolute Gasteiger partial charge is 0.350 e. The van der Waals surface area contributed by atoms with Crippen LogP contribution in [0.4, 0.5) is 5.95 Å². The van der Waals surface area contributed by atoms with Crippen LogP contribution in [-0.4, -0.2) is 9.97 Å². The summed E-state index contributed by atoms with van der Waals surface area (Å²) in [6, 6.07) is 10.1. The Kier molecular flexibility index (Phi) is 3.59. The van der Waals surface area contributed by atoms with Crippen molar-refractivity contribution in [2.75, 3.05) is 5.32 Å². The van der Waals surface area contributed by atoms with Crippen molar-refractivity contribution in [1.82, 2.24) is 9.97 Å². The summed E-state index contributed by atoms with van der Waals surface area (Å²) in [7, 11) is 0. The molecule has 3 nitrogen and oxygen atoms in total. The number of hydrogen-bond donors (Lipinski definition) is 1. The number of anilines is 1. The predicted octanol–water partition coefficient (Wildman–Crippen LogP) is 3.36. The van der Waals surface area contributed by atoms with Gasteiger partial charge in [0.2, 0.25) is 5.95 Å². The molecule has 0 fully saturated rings. The van der Waals surface area contributed by atoms with Crippen molar-refractivity contribution in [3.8, 4) is 0 Å². The monoisotopic (exact) mass is 247 g/mol. The predicted molar refractivity (Wildman–Crippen MR) is 70.3 cm³/mol. The summed E-state index contributed by atoms with van der Waals surface area (Å²) in [5.41, 5.74) is 3.02. The zero-order chi connectivity index (χ0) is 12.3. The van der Waals surface area contributed by atoms with Crippen LogP contribution < -0.4 is 5.32 Å². The lowest BCUT2D eigenvalue weighted by Crippen LogP contribution is -2.05. The smallest absolute Gasteiger partial charge is 0.224 e. The van der Waals surface area contributed by atoms with Gasteiger partial charge in [-0.1, -0.05) is 41.9 Å². The highest BCUT2D eigenvalue weighted by molar-refractivity contribution is 6.30. The zero-order valence-corrected chi connectivity index (χ0v) is 10.6. The Labute approximate surface area is 106 Å². The second-order valence-corrected chi connectivity index (χ2v) is 4.25. The first-order valence-corrected chi connectivity index (χ1v) is 5.83. The molecular weight excluding hydrogens is 234 g/mol. The fourth-order valence-electron chi connectivity index (χ4n) is 1.45. The van der Waals surface area contributed by atoms with Crippen LogP contribution in [0.15, 0.2) is 30.3 Å². The number of nitrogens with one attached hydrogen (secondary N) is 1. The normalized spacial score (nSPS) is 10.3. The summed E-state index contributed by atoms with van der Waals surface area (Å²) >= 11 is 6.01. The summed E-state index contributed by atoms with van der Waals surface area (Å²) < 4.78 is 0. The molecule has 4 heteroatoms. The van der Waals surface area contributed by atoms with Crippen molar-refractivity contribution in [2.45, 2.75) is 20.4 Å². The fourth-order valence-corrected chi connectivity index (χ4v) is 1.67. The van der Waals surface area contributed by atoms with Crippen LogP contribution in [0.3, 0.4) is 0 Å². The zero-order valence-electron chi connectivity index (χ0n) is 9.87. The lowest BCUT2D eigenvalue weighted by Gasteiger charge is -2.08. The van der Waals surface area contributed by atoms with Gasteiger partial charge in [-0.2, -0.15) is 0 Å². The molecule has 2 rings (SSSR count). The Morgan fingerprint density at radius 2 is 1.82 bits per heavy atom. The molecule has 17 heavy (non-hydrogen) atoms. The van der Waals surface area contributed by atoms with E-state index in [1.165, 1.54) is 5.56 Å². The van der Waals surface area contributed by atoms with Crippen LogP contribution in [0.1, 0.15) is 16.8 Å². The van der Waals surface area contributed by atoms with Crippen LogP contribution in [0.5, 0.6) is 0 Å². The topological polar surface area (TPSA) is 37.8 Å². The van der Waals surface area contributed by atoms with Gasteiger partial charge < -0.3 is 5.32 Å². The van der Waals surface area contributed by atoms with Crippen LogP contribution in [0.2, 0.25) is 5.15 Å². The summed E-state index contributed by atoms with van der Waals surface area (Å²) in [6.45, 7) is 4.54. The van der Waals surface area contributed by atoms with E-state index in [4.69, 9.17) is 11.6 Å². The van der Waals surface area contributed by atoms with Gasteiger partial charge in [0.15, 0.2) is 0 Å². The van der Waals surface area contributed by atoms with Crippen LogP contribution in [-0.2, 0) is 6.54 Å². The summed E-state index contributed by atoms with van der Waals surface area (Å²) in [5.74, 6) is 0.571. The molecule has 88 valence electrons. The van der Waals surface area contributed by atoms with Gasteiger partial charge in [0.1, 0.15) is 5.15 Å². The quantitative estimate of drug-likeness (QED) is 0.846. The molecule has 0 amide bonds. The minimum absolute atomic E-state index is 0.507. The number of benzene rings is 1. The molecule has 2 aromatic rings. The number of nitrogens with zero attached hydrogens (tertiary/aromatic N) is 2. The van der Waals surface area contributed by atoms with Gasteiger partial charge in [-0.3, -0.25) is 0 Å². The van der Waals surface area contributed by atoms with Gasteiger partial charge in [-0.15, -0.1) is 0 Å². The molecule has 0 unspecified atom stereocenters. The van der Waals surface area contributed by atoms with Crippen molar-refractivity contribution < 1.29 is 0 Å². The highest BCUT2D eigenvalue weighted by Crippen LogP contribution is 2.17. The summed E-state index contributed by atoms with van der Waals surface area (Å²) in [6.07, 6.45) is 0. The Hall–Kier alpha value is -1.61. The Morgan fingerprint density at radius 3 is 2.47 bits per heavy atom. The maximum Gasteiger partial charge on any atom is 0.224 e. The van der Waals surface area contributed by atoms with Gasteiger partial charge in [0, 0.05) is 17.8 Å². The highest BCUT2D eigenvalue weighted by Gasteiger charge is 2.05. The first kappa shape index (κ1) is 11.9. The van der Waals surface area contributed by atoms with E-state index in [-0.39, 0.29) is 0 Å². The molecule has 1 N–H and O–H groups in total. The third kappa shape index (κ3) is 2.94. The number of halogens is 1. The Balaban J connectivity index is 2.10. The van der Waals surface area contributed by atoms with E-state index >= 15 is 0 Å². The standard InChI is InChI=1S/C13H14ClN3/c1-9-10(2)16-13(17-12(9)14)15-8-11-6-4-3-5-7-11/h3-7H,8H2,1-2H3,(H,15,16,17). The van der Waals surface area contributed by atoms with E-state index < -0.39 is 0 Å². The van der Waals surface area contributed by atoms with Gasteiger partial charge in [0.05, 0.1) is 0 Å². The van der Waals surface area contributed by atoms with E-state index in [0.717, 1.165) is 11.3 Å². The first-order chi connectivity index (χ1) is 8.16. The lowest BCUT2D eigenvalue weighted by atomic mass is 10.2. The molecule has 0 aliphatic carbocycles. The average Bonchev–Trinajstić information content (AvgIpc) is 2.34. The number of aromatic nitrogens is 2. The minimum atomic E-state index is 0.507. The molecule has 0 aliphatic rings. The average molecular weight is 248 g/mol. The highest BCUT2D eigenvalue weighted by atomic mass is 35.5. The summed E-state index contributed by atoms with van der Waals surface area (Å²) in [4.78, 5) is 8.53. The van der Waals surface area contributed by atoms with E-state index in [2.05, 4.69) is 27.4 Å². The van der Waals surface area contributed by atoms with Crippen molar-refractivity contribution in [2.24, 2.45) is 0 Å². The Morgan fingerprint density at radius 1 is 1.12 bits per heavy atom. The summed E-state index contributed by atoms with van der Waals surface area (Å²) in [5, 5.41) is 3.67. The van der Waals surface area contributed by atoms with Gasteiger partial charge in [-0.05, 0) is 19.4 Å².